The second-order valence-electron chi connectivity index (χ2n) is 5.89. The van der Waals surface area contributed by atoms with Crippen LogP contribution in [0.25, 0.3) is 16.9 Å². The fraction of sp³-hybridized carbons (Fsp3) is 0.222. The number of ether oxygens (including phenoxy) is 1. The molecule has 0 amide bonds. The molecule has 0 spiro atoms. The summed E-state index contributed by atoms with van der Waals surface area (Å²) in [6.45, 7) is 2.83. The van der Waals surface area contributed by atoms with Gasteiger partial charge in [0.15, 0.2) is 0 Å². The molecule has 1 aliphatic rings. The predicted molar refractivity (Wildman–Crippen MR) is 97.3 cm³/mol. The van der Waals surface area contributed by atoms with E-state index >= 15 is 0 Å². The standard InChI is InChI=1S/C18H17N5O3/c24-23(25)15-5-3-4-14(12-15)18-20-16(17-6-1-2-7-22(17)18)13-19-21-8-10-26-11-9-21/h1-7,12-13H,8-11H2. The normalized spacial score (nSPS) is 15.0. The summed E-state index contributed by atoms with van der Waals surface area (Å²) in [7, 11) is 0. The minimum absolute atomic E-state index is 0.0405. The topological polar surface area (TPSA) is 85.3 Å². The van der Waals surface area contributed by atoms with Gasteiger partial charge in [0.25, 0.3) is 5.69 Å². The highest BCUT2D eigenvalue weighted by Gasteiger charge is 2.15. The lowest BCUT2D eigenvalue weighted by Gasteiger charge is -2.23. The number of aromatic nitrogens is 2. The molecule has 4 rings (SSSR count). The molecule has 0 aliphatic carbocycles. The fourth-order valence-corrected chi connectivity index (χ4v) is 2.92. The van der Waals surface area contributed by atoms with Gasteiger partial charge < -0.3 is 4.74 Å². The number of imidazole rings is 1. The molecule has 8 nitrogen and oxygen atoms in total. The van der Waals surface area contributed by atoms with Gasteiger partial charge in [-0.2, -0.15) is 5.10 Å². The van der Waals surface area contributed by atoms with Crippen LogP contribution in [0, 0.1) is 10.1 Å². The van der Waals surface area contributed by atoms with Crippen LogP contribution in [-0.4, -0.2) is 51.8 Å². The number of benzene rings is 1. The lowest BCUT2D eigenvalue weighted by Crippen LogP contribution is -2.32. The molecule has 3 aromatic rings. The first-order valence-electron chi connectivity index (χ1n) is 8.31. The Morgan fingerprint density at radius 2 is 2.04 bits per heavy atom. The summed E-state index contributed by atoms with van der Waals surface area (Å²) in [4.78, 5) is 15.3. The highest BCUT2D eigenvalue weighted by molar-refractivity contribution is 5.89. The van der Waals surface area contributed by atoms with E-state index in [1.165, 1.54) is 12.1 Å². The van der Waals surface area contributed by atoms with Crippen molar-refractivity contribution in [3.8, 4) is 11.4 Å². The molecular weight excluding hydrogens is 334 g/mol. The molecule has 0 atom stereocenters. The van der Waals surface area contributed by atoms with Gasteiger partial charge >= 0.3 is 0 Å². The number of nitrogens with zero attached hydrogens (tertiary/aromatic N) is 5. The maximum Gasteiger partial charge on any atom is 0.270 e. The van der Waals surface area contributed by atoms with E-state index in [1.54, 1.807) is 12.3 Å². The molecule has 0 radical (unpaired) electrons. The minimum Gasteiger partial charge on any atom is -0.378 e. The first-order chi connectivity index (χ1) is 12.7. The van der Waals surface area contributed by atoms with E-state index in [9.17, 15) is 10.1 Å². The molecule has 8 heteroatoms. The van der Waals surface area contributed by atoms with Crippen molar-refractivity contribution in [2.75, 3.05) is 26.3 Å². The van der Waals surface area contributed by atoms with Crippen molar-refractivity contribution >= 4 is 17.4 Å². The Labute approximate surface area is 149 Å². The number of fused-ring (bicyclic) bond motifs is 1. The molecule has 3 heterocycles. The molecule has 0 saturated carbocycles. The first kappa shape index (κ1) is 16.2. The lowest BCUT2D eigenvalue weighted by atomic mass is 10.2. The average Bonchev–Trinajstić information content (AvgIpc) is 3.06. The molecule has 0 N–H and O–H groups in total. The third kappa shape index (κ3) is 3.14. The zero-order valence-corrected chi connectivity index (χ0v) is 14.0. The number of non-ortho nitro benzene ring substituents is 1. The van der Waals surface area contributed by atoms with E-state index in [-0.39, 0.29) is 5.69 Å². The molecule has 132 valence electrons. The van der Waals surface area contributed by atoms with Gasteiger partial charge in [-0.05, 0) is 12.1 Å². The van der Waals surface area contributed by atoms with Crippen LogP contribution >= 0.6 is 0 Å². The van der Waals surface area contributed by atoms with Crippen LogP contribution in [0.15, 0.2) is 53.8 Å². The highest BCUT2D eigenvalue weighted by atomic mass is 16.6. The molecular formula is C18H17N5O3. The molecule has 0 bridgehead atoms. The van der Waals surface area contributed by atoms with E-state index in [2.05, 4.69) is 10.1 Å². The Bertz CT molecular complexity index is 976. The number of nitro benzene ring substituents is 1. The Morgan fingerprint density at radius 3 is 2.85 bits per heavy atom. The maximum atomic E-state index is 11.1. The highest BCUT2D eigenvalue weighted by Crippen LogP contribution is 2.25. The smallest absolute Gasteiger partial charge is 0.270 e. The Balaban J connectivity index is 1.75. The van der Waals surface area contributed by atoms with Crippen molar-refractivity contribution in [1.29, 1.82) is 0 Å². The van der Waals surface area contributed by atoms with E-state index in [1.807, 2.05) is 39.9 Å². The summed E-state index contributed by atoms with van der Waals surface area (Å²) < 4.78 is 7.24. The van der Waals surface area contributed by atoms with Crippen molar-refractivity contribution in [2.24, 2.45) is 5.10 Å². The average molecular weight is 351 g/mol. The van der Waals surface area contributed by atoms with Gasteiger partial charge in [0.05, 0.1) is 43.0 Å². The van der Waals surface area contributed by atoms with Gasteiger partial charge in [0, 0.05) is 23.9 Å². The summed E-state index contributed by atoms with van der Waals surface area (Å²) in [5.74, 6) is 0.646. The quantitative estimate of drug-likeness (QED) is 0.410. The third-order valence-electron chi connectivity index (χ3n) is 4.22. The van der Waals surface area contributed by atoms with Gasteiger partial charge in [-0.1, -0.05) is 18.2 Å². The number of hydrogen-bond acceptors (Lipinski definition) is 6. The monoisotopic (exact) mass is 351 g/mol. The van der Waals surface area contributed by atoms with Crippen molar-refractivity contribution < 1.29 is 9.66 Å². The second kappa shape index (κ2) is 6.93. The molecule has 1 fully saturated rings. The summed E-state index contributed by atoms with van der Waals surface area (Å²) >= 11 is 0. The molecule has 1 saturated heterocycles. The van der Waals surface area contributed by atoms with Gasteiger partial charge in [-0.3, -0.25) is 19.5 Å². The van der Waals surface area contributed by atoms with Crippen molar-refractivity contribution in [3.05, 3.63) is 64.5 Å². The van der Waals surface area contributed by atoms with Crippen molar-refractivity contribution in [1.82, 2.24) is 14.4 Å². The predicted octanol–water partition coefficient (Wildman–Crippen LogP) is 2.58. The van der Waals surface area contributed by atoms with Gasteiger partial charge in [-0.25, -0.2) is 4.98 Å². The number of rotatable bonds is 4. The van der Waals surface area contributed by atoms with Crippen LogP contribution in [0.4, 0.5) is 5.69 Å². The summed E-state index contributed by atoms with van der Waals surface area (Å²) in [6, 6.07) is 12.3. The van der Waals surface area contributed by atoms with Gasteiger partial charge in [-0.15, -0.1) is 0 Å². The van der Waals surface area contributed by atoms with Crippen LogP contribution in [0.1, 0.15) is 5.69 Å². The largest absolute Gasteiger partial charge is 0.378 e. The first-order valence-corrected chi connectivity index (χ1v) is 8.31. The molecule has 0 unspecified atom stereocenters. The SMILES string of the molecule is O=[N+]([O-])c1cccc(-c2nc(C=NN3CCOCC3)c3ccccn23)c1. The zero-order valence-electron chi connectivity index (χ0n) is 14.0. The zero-order chi connectivity index (χ0) is 17.9. The number of nitro groups is 1. The number of hydrogen-bond donors (Lipinski definition) is 0. The summed E-state index contributed by atoms with van der Waals surface area (Å²) in [5.41, 5.74) is 2.34. The van der Waals surface area contributed by atoms with Gasteiger partial charge in [0.1, 0.15) is 11.5 Å². The maximum absolute atomic E-state index is 11.1. The third-order valence-corrected chi connectivity index (χ3v) is 4.22. The molecule has 26 heavy (non-hydrogen) atoms. The number of hydrazone groups is 1. The Hall–Kier alpha value is -3.26. The lowest BCUT2D eigenvalue weighted by molar-refractivity contribution is -0.384. The summed E-state index contributed by atoms with van der Waals surface area (Å²) in [6.07, 6.45) is 3.63. The van der Waals surface area contributed by atoms with Gasteiger partial charge in [0.2, 0.25) is 0 Å². The molecule has 1 aliphatic heterocycles. The van der Waals surface area contributed by atoms with Crippen LogP contribution in [0.5, 0.6) is 0 Å². The minimum atomic E-state index is -0.403. The van der Waals surface area contributed by atoms with Crippen LogP contribution in [0.2, 0.25) is 0 Å². The Kier molecular flexibility index (Phi) is 4.32. The van der Waals surface area contributed by atoms with Crippen LogP contribution in [-0.2, 0) is 4.74 Å². The number of morpholine rings is 1. The van der Waals surface area contributed by atoms with Crippen LogP contribution in [0.3, 0.4) is 0 Å². The fourth-order valence-electron chi connectivity index (χ4n) is 2.92. The number of pyridine rings is 1. The second-order valence-corrected chi connectivity index (χ2v) is 5.89. The van der Waals surface area contributed by atoms with Crippen molar-refractivity contribution in [2.45, 2.75) is 0 Å². The Morgan fingerprint density at radius 1 is 1.19 bits per heavy atom. The van der Waals surface area contributed by atoms with E-state index in [0.717, 1.165) is 24.3 Å². The molecule has 2 aromatic heterocycles. The van der Waals surface area contributed by atoms with E-state index in [4.69, 9.17) is 4.74 Å². The van der Waals surface area contributed by atoms with E-state index in [0.29, 0.717) is 24.6 Å². The van der Waals surface area contributed by atoms with Crippen LogP contribution < -0.4 is 0 Å². The summed E-state index contributed by atoms with van der Waals surface area (Å²) in [5, 5.41) is 17.5. The van der Waals surface area contributed by atoms with Crippen molar-refractivity contribution in [3.63, 3.8) is 0 Å². The van der Waals surface area contributed by atoms with E-state index < -0.39 is 4.92 Å². The molecule has 1 aromatic carbocycles.